The zero-order valence-corrected chi connectivity index (χ0v) is 16.1. The number of phosphoric acid groups is 1. The van der Waals surface area contributed by atoms with Crippen LogP contribution in [-0.4, -0.2) is 46.0 Å². The Labute approximate surface area is 154 Å². The summed E-state index contributed by atoms with van der Waals surface area (Å²) in [6.07, 6.45) is 2.47. The minimum atomic E-state index is -4.56. The monoisotopic (exact) mass is 391 g/mol. The maximum absolute atomic E-state index is 10.5. The lowest BCUT2D eigenvalue weighted by Crippen LogP contribution is -2.32. The number of unbranched alkanes of at least 4 members (excludes halogenated alkanes) is 1. The number of rotatable bonds is 10. The zero-order valence-electron chi connectivity index (χ0n) is 15.2. The highest BCUT2D eigenvalue weighted by Crippen LogP contribution is 2.37. The largest absolute Gasteiger partial charge is 0.524 e. The topological polar surface area (TPSA) is 168 Å². The van der Waals surface area contributed by atoms with Crippen LogP contribution in [0.3, 0.4) is 0 Å². The summed E-state index contributed by atoms with van der Waals surface area (Å²) in [6.45, 7) is 6.24. The first kappa shape index (κ1) is 24.5. The van der Waals surface area contributed by atoms with Crippen LogP contribution in [0.15, 0.2) is 24.3 Å². The molecule has 0 bridgehead atoms. The van der Waals surface area contributed by atoms with Crippen molar-refractivity contribution in [3.8, 4) is 5.75 Å². The number of aliphatic carboxylic acids is 1. The number of carbonyl (C=O) groups is 1. The minimum absolute atomic E-state index is 0.00554. The molecule has 1 aromatic rings. The standard InChI is InChI=1S/C9H12NO6P.C7H18N2/c10-8(9(11)12)5-6-1-3-7(4-2-6)16-17(13,14)15;1-7(2)9-6-4-3-5-8/h1-4,8H,5,10H2,(H,11,12)(H2,13,14,15);7,9H,3-6,8H2,1-2H3/t8-;/m0./s1. The smallest absolute Gasteiger partial charge is 0.480 e. The maximum atomic E-state index is 10.5. The van der Waals surface area contributed by atoms with Crippen molar-refractivity contribution >= 4 is 13.8 Å². The van der Waals surface area contributed by atoms with E-state index >= 15 is 0 Å². The van der Waals surface area contributed by atoms with E-state index in [-0.39, 0.29) is 12.2 Å². The van der Waals surface area contributed by atoms with E-state index < -0.39 is 19.8 Å². The SMILES string of the molecule is CC(C)NCCCCN.N[C@@H](Cc1ccc(OP(=O)(O)O)cc1)C(=O)O. The van der Waals surface area contributed by atoms with E-state index in [9.17, 15) is 9.36 Å². The van der Waals surface area contributed by atoms with Gasteiger partial charge >= 0.3 is 13.8 Å². The van der Waals surface area contributed by atoms with Crippen LogP contribution in [0.2, 0.25) is 0 Å². The predicted molar refractivity (Wildman–Crippen MR) is 99.9 cm³/mol. The first-order chi connectivity index (χ1) is 12.0. The fourth-order valence-corrected chi connectivity index (χ4v) is 2.22. The Kier molecular flexibility index (Phi) is 12.1. The lowest BCUT2D eigenvalue weighted by Gasteiger charge is -2.09. The van der Waals surface area contributed by atoms with Crippen molar-refractivity contribution in [3.63, 3.8) is 0 Å². The number of nitrogens with two attached hydrogens (primary N) is 2. The Bertz CT molecular complexity index is 562. The fourth-order valence-electron chi connectivity index (χ4n) is 1.83. The van der Waals surface area contributed by atoms with Crippen molar-refractivity contribution in [2.75, 3.05) is 13.1 Å². The summed E-state index contributed by atoms with van der Waals surface area (Å²) in [6, 6.07) is 5.26. The molecule has 1 aromatic carbocycles. The molecule has 0 spiro atoms. The molecule has 0 heterocycles. The molecule has 1 rings (SSSR count). The molecule has 0 unspecified atom stereocenters. The molecule has 0 aliphatic heterocycles. The van der Waals surface area contributed by atoms with Gasteiger partial charge in [0.05, 0.1) is 0 Å². The summed E-state index contributed by atoms with van der Waals surface area (Å²) >= 11 is 0. The average Bonchev–Trinajstić information content (AvgIpc) is 2.52. The van der Waals surface area contributed by atoms with Gasteiger partial charge in [0.1, 0.15) is 11.8 Å². The van der Waals surface area contributed by atoms with E-state index in [0.29, 0.717) is 11.6 Å². The summed E-state index contributed by atoms with van der Waals surface area (Å²) in [5, 5.41) is 11.9. The van der Waals surface area contributed by atoms with Crippen LogP contribution < -0.4 is 21.3 Å². The molecule has 0 saturated heterocycles. The van der Waals surface area contributed by atoms with Gasteiger partial charge in [-0.05, 0) is 50.0 Å². The van der Waals surface area contributed by atoms with Crippen molar-refractivity contribution in [2.45, 2.75) is 45.2 Å². The molecule has 0 aromatic heterocycles. The summed E-state index contributed by atoms with van der Waals surface area (Å²) in [7, 11) is -4.56. The highest BCUT2D eigenvalue weighted by atomic mass is 31.2. The van der Waals surface area contributed by atoms with Crippen LogP contribution in [0.5, 0.6) is 5.75 Å². The molecule has 0 saturated carbocycles. The molecular weight excluding hydrogens is 361 g/mol. The van der Waals surface area contributed by atoms with Gasteiger partial charge in [0.25, 0.3) is 0 Å². The number of hydrogen-bond acceptors (Lipinski definition) is 6. The summed E-state index contributed by atoms with van der Waals surface area (Å²) < 4.78 is 14.9. The van der Waals surface area contributed by atoms with Crippen molar-refractivity contribution < 1.29 is 28.8 Å². The third-order valence-corrected chi connectivity index (χ3v) is 3.55. The van der Waals surface area contributed by atoms with Crippen molar-refractivity contribution in [3.05, 3.63) is 29.8 Å². The normalized spacial score (nSPS) is 12.3. The van der Waals surface area contributed by atoms with Crippen LogP contribution >= 0.6 is 7.82 Å². The van der Waals surface area contributed by atoms with Gasteiger partial charge in [-0.3, -0.25) is 14.6 Å². The van der Waals surface area contributed by atoms with Crippen LogP contribution in [-0.2, 0) is 15.8 Å². The lowest BCUT2D eigenvalue weighted by molar-refractivity contribution is -0.138. The molecule has 150 valence electrons. The van der Waals surface area contributed by atoms with Gasteiger partial charge < -0.3 is 26.4 Å². The van der Waals surface area contributed by atoms with Crippen molar-refractivity contribution in [1.29, 1.82) is 0 Å². The lowest BCUT2D eigenvalue weighted by atomic mass is 10.1. The van der Waals surface area contributed by atoms with E-state index in [2.05, 4.69) is 23.7 Å². The first-order valence-corrected chi connectivity index (χ1v) is 9.84. The highest BCUT2D eigenvalue weighted by Gasteiger charge is 2.16. The van der Waals surface area contributed by atoms with Gasteiger partial charge in [0.2, 0.25) is 0 Å². The summed E-state index contributed by atoms with van der Waals surface area (Å²) in [5.74, 6) is -1.11. The van der Waals surface area contributed by atoms with Gasteiger partial charge in [-0.1, -0.05) is 26.0 Å². The molecule has 0 fully saturated rings. The van der Waals surface area contributed by atoms with Crippen molar-refractivity contribution in [2.24, 2.45) is 11.5 Å². The molecule has 10 heteroatoms. The number of carboxylic acid groups (broad SMARTS) is 1. The van der Waals surface area contributed by atoms with Crippen LogP contribution in [0.4, 0.5) is 0 Å². The number of carboxylic acids is 1. The molecular formula is C16H30N3O6P. The second kappa shape index (κ2) is 12.8. The first-order valence-electron chi connectivity index (χ1n) is 8.31. The highest BCUT2D eigenvalue weighted by molar-refractivity contribution is 7.46. The summed E-state index contributed by atoms with van der Waals surface area (Å²) in [5.41, 5.74) is 11.3. The quantitative estimate of drug-likeness (QED) is 0.250. The number of hydrogen-bond donors (Lipinski definition) is 6. The number of nitrogens with one attached hydrogen (secondary N) is 1. The van der Waals surface area contributed by atoms with Gasteiger partial charge in [-0.2, -0.15) is 0 Å². The van der Waals surface area contributed by atoms with Gasteiger partial charge in [0.15, 0.2) is 0 Å². The predicted octanol–water partition coefficient (Wildman–Crippen LogP) is 0.836. The van der Waals surface area contributed by atoms with E-state index in [4.69, 9.17) is 26.4 Å². The van der Waals surface area contributed by atoms with Gasteiger partial charge in [-0.25, -0.2) is 4.57 Å². The minimum Gasteiger partial charge on any atom is -0.480 e. The second-order valence-corrected chi connectivity index (χ2v) is 7.14. The third kappa shape index (κ3) is 13.8. The Morgan fingerprint density at radius 3 is 2.23 bits per heavy atom. The summed E-state index contributed by atoms with van der Waals surface area (Å²) in [4.78, 5) is 27.6. The molecule has 9 nitrogen and oxygen atoms in total. The molecule has 0 aliphatic rings. The molecule has 0 aliphatic carbocycles. The molecule has 26 heavy (non-hydrogen) atoms. The fraction of sp³-hybridized carbons (Fsp3) is 0.562. The molecule has 0 radical (unpaired) electrons. The van der Waals surface area contributed by atoms with E-state index in [1.54, 1.807) is 0 Å². The number of benzene rings is 1. The van der Waals surface area contributed by atoms with Crippen LogP contribution in [0.25, 0.3) is 0 Å². The second-order valence-electron chi connectivity index (χ2n) is 5.98. The Balaban J connectivity index is 0.000000590. The Morgan fingerprint density at radius 1 is 1.23 bits per heavy atom. The van der Waals surface area contributed by atoms with Crippen molar-refractivity contribution in [1.82, 2.24) is 5.32 Å². The van der Waals surface area contributed by atoms with Gasteiger partial charge in [0, 0.05) is 6.04 Å². The third-order valence-electron chi connectivity index (χ3n) is 3.10. The van der Waals surface area contributed by atoms with Gasteiger partial charge in [-0.15, -0.1) is 0 Å². The molecule has 1 atom stereocenters. The molecule has 0 amide bonds. The maximum Gasteiger partial charge on any atom is 0.524 e. The number of phosphoric ester groups is 1. The average molecular weight is 391 g/mol. The van der Waals surface area contributed by atoms with E-state index in [0.717, 1.165) is 19.5 Å². The van der Waals surface area contributed by atoms with E-state index in [1.165, 1.54) is 30.7 Å². The van der Waals surface area contributed by atoms with Crippen LogP contribution in [0.1, 0.15) is 32.3 Å². The van der Waals surface area contributed by atoms with E-state index in [1.807, 2.05) is 0 Å². The Morgan fingerprint density at radius 2 is 1.81 bits per heavy atom. The molecule has 8 N–H and O–H groups in total. The zero-order chi connectivity index (χ0) is 20.2. The van der Waals surface area contributed by atoms with Crippen LogP contribution in [0, 0.1) is 0 Å². The Hall–Kier alpha value is -1.48.